The molecule has 174 valence electrons. The number of phenols is 1. The monoisotopic (exact) mass is 528 g/mol. The maximum absolute atomic E-state index is 13.1. The summed E-state index contributed by atoms with van der Waals surface area (Å²) in [4.78, 5) is 13.1. The number of hydrazone groups is 1. The Morgan fingerprint density at radius 3 is 2.00 bits per heavy atom. The fourth-order valence-electron chi connectivity index (χ4n) is 3.39. The predicted molar refractivity (Wildman–Crippen MR) is 138 cm³/mol. The van der Waals surface area contributed by atoms with E-state index in [1.165, 1.54) is 12.3 Å². The van der Waals surface area contributed by atoms with E-state index in [0.29, 0.717) is 28.1 Å². The van der Waals surface area contributed by atoms with Gasteiger partial charge >= 0.3 is 0 Å². The summed E-state index contributed by atoms with van der Waals surface area (Å²) < 4.78 is 0.884. The third-order valence-corrected chi connectivity index (χ3v) is 5.67. The lowest BCUT2D eigenvalue weighted by Crippen LogP contribution is -2.43. The Labute approximate surface area is 210 Å². The number of azo groups is 1. The van der Waals surface area contributed by atoms with Crippen molar-refractivity contribution in [2.24, 2.45) is 15.3 Å². The molecule has 0 aromatic heterocycles. The topological polar surface area (TPSA) is 107 Å². The summed E-state index contributed by atoms with van der Waals surface area (Å²) in [6, 6.07) is 29.3. The number of halogens is 1. The van der Waals surface area contributed by atoms with Crippen molar-refractivity contribution in [2.45, 2.75) is 5.60 Å². The minimum atomic E-state index is -1.96. The maximum Gasteiger partial charge on any atom is 0.281 e. The zero-order chi connectivity index (χ0) is 24.7. The maximum atomic E-state index is 13.1. The highest BCUT2D eigenvalue weighted by Crippen LogP contribution is 2.30. The van der Waals surface area contributed by atoms with Crippen LogP contribution in [-0.4, -0.2) is 22.3 Å². The summed E-state index contributed by atoms with van der Waals surface area (Å²) in [6.45, 7) is 0. The molecule has 0 aliphatic carbocycles. The lowest BCUT2D eigenvalue weighted by molar-refractivity contribution is -0.136. The second-order valence-electron chi connectivity index (χ2n) is 7.56. The number of rotatable bonds is 7. The molecule has 0 saturated carbocycles. The second-order valence-corrected chi connectivity index (χ2v) is 8.48. The molecule has 3 N–H and O–H groups in total. The number of nitrogens with one attached hydrogen (secondary N) is 1. The number of amides is 1. The molecule has 1 amide bonds. The molecule has 0 spiro atoms. The van der Waals surface area contributed by atoms with Crippen molar-refractivity contribution >= 4 is 39.4 Å². The normalized spacial score (nSPS) is 11.7. The number of hydrogen-bond acceptors (Lipinski definition) is 6. The average Bonchev–Trinajstić information content (AvgIpc) is 2.89. The first-order valence-electron chi connectivity index (χ1n) is 10.6. The van der Waals surface area contributed by atoms with Gasteiger partial charge in [-0.2, -0.15) is 15.3 Å². The summed E-state index contributed by atoms with van der Waals surface area (Å²) in [6.07, 6.45) is 1.28. The SMILES string of the molecule is O=C(NN=Cc1cc(N=Nc2cccc(Br)c2)ccc1O)C(O)(c1ccccc1)c1ccccc1. The average molecular weight is 529 g/mol. The number of hydrogen-bond donors (Lipinski definition) is 3. The molecule has 0 aliphatic rings. The van der Waals surface area contributed by atoms with Crippen molar-refractivity contribution in [2.75, 3.05) is 0 Å². The second kappa shape index (κ2) is 10.9. The number of phenolic OH excluding ortho intramolecular Hbond substituents is 1. The summed E-state index contributed by atoms with van der Waals surface area (Å²) in [5.41, 5.74) is 2.70. The molecule has 35 heavy (non-hydrogen) atoms. The highest BCUT2D eigenvalue weighted by atomic mass is 79.9. The highest BCUT2D eigenvalue weighted by molar-refractivity contribution is 9.10. The van der Waals surface area contributed by atoms with Gasteiger partial charge in [-0.05, 0) is 47.5 Å². The quantitative estimate of drug-likeness (QED) is 0.156. The van der Waals surface area contributed by atoms with Gasteiger partial charge in [-0.25, -0.2) is 5.43 Å². The largest absolute Gasteiger partial charge is 0.507 e. The Kier molecular flexibility index (Phi) is 7.45. The Bertz CT molecular complexity index is 1340. The Hall–Kier alpha value is -4.14. The number of nitrogens with zero attached hydrogens (tertiary/aromatic N) is 3. The van der Waals surface area contributed by atoms with Gasteiger partial charge in [0.1, 0.15) is 5.75 Å². The van der Waals surface area contributed by atoms with E-state index < -0.39 is 11.5 Å². The van der Waals surface area contributed by atoms with Crippen LogP contribution < -0.4 is 5.43 Å². The van der Waals surface area contributed by atoms with Crippen molar-refractivity contribution < 1.29 is 15.0 Å². The Balaban J connectivity index is 1.55. The molecule has 0 radical (unpaired) electrons. The third-order valence-electron chi connectivity index (χ3n) is 5.18. The van der Waals surface area contributed by atoms with Gasteiger partial charge in [0.05, 0.1) is 17.6 Å². The number of carbonyl (C=O) groups is 1. The first-order chi connectivity index (χ1) is 17.0. The van der Waals surface area contributed by atoms with E-state index in [1.807, 2.05) is 24.3 Å². The zero-order valence-corrected chi connectivity index (χ0v) is 20.0. The van der Waals surface area contributed by atoms with Crippen molar-refractivity contribution in [1.29, 1.82) is 0 Å². The predicted octanol–water partition coefficient (Wildman–Crippen LogP) is 5.96. The van der Waals surface area contributed by atoms with Gasteiger partial charge in [0.25, 0.3) is 5.91 Å². The van der Waals surface area contributed by atoms with Crippen LogP contribution in [0.15, 0.2) is 123 Å². The molecule has 7 nitrogen and oxygen atoms in total. The van der Waals surface area contributed by atoms with Gasteiger partial charge in [-0.3, -0.25) is 4.79 Å². The van der Waals surface area contributed by atoms with Crippen LogP contribution in [0.2, 0.25) is 0 Å². The molecule has 8 heteroatoms. The van der Waals surface area contributed by atoms with E-state index in [4.69, 9.17) is 0 Å². The third kappa shape index (κ3) is 5.68. The van der Waals surface area contributed by atoms with Gasteiger partial charge in [0.2, 0.25) is 0 Å². The van der Waals surface area contributed by atoms with Crippen molar-refractivity contribution in [3.8, 4) is 5.75 Å². The van der Waals surface area contributed by atoms with Gasteiger partial charge in [0.15, 0.2) is 5.60 Å². The molecule has 0 bridgehead atoms. The number of carbonyl (C=O) groups excluding carboxylic acids is 1. The minimum absolute atomic E-state index is 0.0502. The van der Waals surface area contributed by atoms with Crippen LogP contribution >= 0.6 is 15.9 Å². The molecule has 0 heterocycles. The summed E-state index contributed by atoms with van der Waals surface area (Å²) in [7, 11) is 0. The van der Waals surface area contributed by atoms with E-state index in [2.05, 4.69) is 36.7 Å². The van der Waals surface area contributed by atoms with E-state index in [-0.39, 0.29) is 5.75 Å². The Morgan fingerprint density at radius 1 is 0.800 bits per heavy atom. The molecule has 0 saturated heterocycles. The van der Waals surface area contributed by atoms with E-state index in [1.54, 1.807) is 72.8 Å². The molecule has 4 rings (SSSR count). The van der Waals surface area contributed by atoms with Gasteiger partial charge < -0.3 is 10.2 Å². The summed E-state index contributed by atoms with van der Waals surface area (Å²) in [5, 5.41) is 34.0. The van der Waals surface area contributed by atoms with E-state index in [9.17, 15) is 15.0 Å². The van der Waals surface area contributed by atoms with Crippen molar-refractivity contribution in [1.82, 2.24) is 5.43 Å². The lowest BCUT2D eigenvalue weighted by atomic mass is 9.85. The van der Waals surface area contributed by atoms with Gasteiger partial charge in [0, 0.05) is 10.0 Å². The molecule has 0 unspecified atom stereocenters. The summed E-state index contributed by atoms with van der Waals surface area (Å²) in [5.74, 6) is -0.790. The first-order valence-corrected chi connectivity index (χ1v) is 11.4. The smallest absolute Gasteiger partial charge is 0.281 e. The number of benzene rings is 4. The molecule has 4 aromatic rings. The molecule has 0 aliphatic heterocycles. The van der Waals surface area contributed by atoms with Gasteiger partial charge in [-0.15, -0.1) is 0 Å². The van der Waals surface area contributed by atoms with E-state index >= 15 is 0 Å². The number of aliphatic hydroxyl groups is 1. The highest BCUT2D eigenvalue weighted by Gasteiger charge is 2.39. The minimum Gasteiger partial charge on any atom is -0.507 e. The van der Waals surface area contributed by atoms with E-state index in [0.717, 1.165) is 4.47 Å². The van der Waals surface area contributed by atoms with Gasteiger partial charge in [-0.1, -0.05) is 82.7 Å². The van der Waals surface area contributed by atoms with Crippen LogP contribution in [0.4, 0.5) is 11.4 Å². The standard InChI is InChI=1S/C27H21BrN4O3/c28-22-12-7-13-23(17-22)30-31-24-14-15-25(33)19(16-24)18-29-32-26(34)27(35,20-8-3-1-4-9-20)21-10-5-2-6-11-21/h1-18,33,35H,(H,32,34). The Morgan fingerprint density at radius 2 is 1.40 bits per heavy atom. The number of aromatic hydroxyl groups is 1. The lowest BCUT2D eigenvalue weighted by Gasteiger charge is -2.27. The van der Waals surface area contributed by atoms with Crippen molar-refractivity contribution in [3.05, 3.63) is 124 Å². The summed E-state index contributed by atoms with van der Waals surface area (Å²) >= 11 is 3.39. The molecule has 0 atom stereocenters. The molecule has 0 fully saturated rings. The van der Waals surface area contributed by atoms with Crippen LogP contribution in [-0.2, 0) is 10.4 Å². The van der Waals surface area contributed by atoms with Crippen molar-refractivity contribution in [3.63, 3.8) is 0 Å². The molecule has 4 aromatic carbocycles. The zero-order valence-electron chi connectivity index (χ0n) is 18.4. The van der Waals surface area contributed by atoms with Crippen LogP contribution in [0.3, 0.4) is 0 Å². The van der Waals surface area contributed by atoms with Crippen LogP contribution in [0.1, 0.15) is 16.7 Å². The van der Waals surface area contributed by atoms with Crippen LogP contribution in [0.5, 0.6) is 5.75 Å². The van der Waals surface area contributed by atoms with Crippen LogP contribution in [0.25, 0.3) is 0 Å². The molecular formula is C27H21BrN4O3. The fraction of sp³-hybridized carbons (Fsp3) is 0.0370. The fourth-order valence-corrected chi connectivity index (χ4v) is 3.78. The van der Waals surface area contributed by atoms with Crippen LogP contribution in [0, 0.1) is 0 Å². The first kappa shape index (κ1) is 24.0. The molecular weight excluding hydrogens is 508 g/mol.